The summed E-state index contributed by atoms with van der Waals surface area (Å²) in [6, 6.07) is 9.44. The lowest BCUT2D eigenvalue weighted by atomic mass is 9.93. The Hall–Kier alpha value is -2.97. The number of fused-ring (bicyclic) bond motifs is 2. The summed E-state index contributed by atoms with van der Waals surface area (Å²) in [4.78, 5) is 11.3. The lowest BCUT2D eigenvalue weighted by molar-refractivity contribution is 0.179. The molecule has 2 N–H and O–H groups in total. The second-order valence-corrected chi connectivity index (χ2v) is 9.20. The minimum atomic E-state index is -0.325. The number of benzene rings is 2. The fourth-order valence-corrected chi connectivity index (χ4v) is 5.17. The summed E-state index contributed by atoms with van der Waals surface area (Å²) in [6.07, 6.45) is 5.00. The molecule has 2 fully saturated rings. The van der Waals surface area contributed by atoms with E-state index in [1.165, 1.54) is 31.8 Å². The third-order valence-electron chi connectivity index (χ3n) is 6.99. The predicted molar refractivity (Wildman–Crippen MR) is 132 cm³/mol. The van der Waals surface area contributed by atoms with Crippen molar-refractivity contribution >= 4 is 22.4 Å². The minimum Gasteiger partial charge on any atom is -0.493 e. The van der Waals surface area contributed by atoms with Crippen LogP contribution in [0.5, 0.6) is 11.5 Å². The highest BCUT2D eigenvalue weighted by Crippen LogP contribution is 2.35. The molecule has 5 rings (SSSR count). The van der Waals surface area contributed by atoms with Gasteiger partial charge < -0.3 is 20.1 Å². The van der Waals surface area contributed by atoms with Crippen molar-refractivity contribution in [3.8, 4) is 11.5 Å². The SMILES string of the molecule is COc1cc2ncnc(Nc3ccc(C)cc3F)c2cc1OCCCN1CCC2CCNCC21. The van der Waals surface area contributed by atoms with Crippen LogP contribution in [0.4, 0.5) is 15.9 Å². The van der Waals surface area contributed by atoms with Crippen molar-refractivity contribution in [3.63, 3.8) is 0 Å². The van der Waals surface area contributed by atoms with Crippen LogP contribution in [0.1, 0.15) is 24.8 Å². The van der Waals surface area contributed by atoms with Gasteiger partial charge in [-0.05, 0) is 69.0 Å². The average molecular weight is 466 g/mol. The van der Waals surface area contributed by atoms with E-state index in [0.29, 0.717) is 41.2 Å². The number of hydrogen-bond donors (Lipinski definition) is 2. The van der Waals surface area contributed by atoms with Crippen molar-refractivity contribution in [3.05, 3.63) is 48.0 Å². The topological polar surface area (TPSA) is 71.5 Å². The summed E-state index contributed by atoms with van der Waals surface area (Å²) in [7, 11) is 1.62. The van der Waals surface area contributed by atoms with Gasteiger partial charge in [0.2, 0.25) is 0 Å². The number of anilines is 2. The smallest absolute Gasteiger partial charge is 0.162 e. The van der Waals surface area contributed by atoms with Crippen molar-refractivity contribution in [1.29, 1.82) is 0 Å². The number of rotatable bonds is 8. The largest absolute Gasteiger partial charge is 0.493 e. The number of halogens is 1. The monoisotopic (exact) mass is 465 g/mol. The van der Waals surface area contributed by atoms with Gasteiger partial charge in [0.25, 0.3) is 0 Å². The molecule has 8 heteroatoms. The number of likely N-dealkylation sites (tertiary alicyclic amines) is 1. The first-order chi connectivity index (χ1) is 16.6. The third-order valence-corrected chi connectivity index (χ3v) is 6.99. The molecule has 1 aromatic heterocycles. The van der Waals surface area contributed by atoms with Gasteiger partial charge in [-0.1, -0.05) is 6.07 Å². The zero-order valence-corrected chi connectivity index (χ0v) is 19.8. The summed E-state index contributed by atoms with van der Waals surface area (Å²) in [5.41, 5.74) is 1.92. The normalized spacial score (nSPS) is 20.3. The molecule has 0 bridgehead atoms. The van der Waals surface area contributed by atoms with E-state index < -0.39 is 0 Å². The van der Waals surface area contributed by atoms with Crippen molar-refractivity contribution < 1.29 is 13.9 Å². The van der Waals surface area contributed by atoms with Gasteiger partial charge in [-0.15, -0.1) is 0 Å². The quantitative estimate of drug-likeness (QED) is 0.481. The van der Waals surface area contributed by atoms with Crippen molar-refractivity contribution in [1.82, 2.24) is 20.2 Å². The van der Waals surface area contributed by atoms with Crippen LogP contribution < -0.4 is 20.1 Å². The maximum absolute atomic E-state index is 14.4. The van der Waals surface area contributed by atoms with Crippen molar-refractivity contribution in [2.45, 2.75) is 32.2 Å². The number of hydrogen-bond acceptors (Lipinski definition) is 7. The van der Waals surface area contributed by atoms with Gasteiger partial charge in [0.15, 0.2) is 11.5 Å². The van der Waals surface area contributed by atoms with Crippen LogP contribution in [0.25, 0.3) is 10.9 Å². The Bertz CT molecular complexity index is 1160. The molecule has 180 valence electrons. The van der Waals surface area contributed by atoms with Crippen LogP contribution in [0.15, 0.2) is 36.7 Å². The molecule has 3 aromatic rings. The highest BCUT2D eigenvalue weighted by Gasteiger charge is 2.35. The molecular weight excluding hydrogens is 433 g/mol. The summed E-state index contributed by atoms with van der Waals surface area (Å²) >= 11 is 0. The Morgan fingerprint density at radius 2 is 2.09 bits per heavy atom. The van der Waals surface area contributed by atoms with E-state index >= 15 is 0 Å². The molecule has 34 heavy (non-hydrogen) atoms. The molecular formula is C26H32FN5O2. The van der Waals surface area contributed by atoms with E-state index in [4.69, 9.17) is 9.47 Å². The lowest BCUT2D eigenvalue weighted by Gasteiger charge is -2.32. The maximum atomic E-state index is 14.4. The lowest BCUT2D eigenvalue weighted by Crippen LogP contribution is -2.46. The summed E-state index contributed by atoms with van der Waals surface area (Å²) in [5, 5.41) is 7.38. The second-order valence-electron chi connectivity index (χ2n) is 9.20. The predicted octanol–water partition coefficient (Wildman–Crippen LogP) is 4.28. The Kier molecular flexibility index (Phi) is 6.78. The number of aromatic nitrogens is 2. The van der Waals surface area contributed by atoms with Crippen LogP contribution in [-0.2, 0) is 0 Å². The van der Waals surface area contributed by atoms with E-state index in [1.54, 1.807) is 13.2 Å². The molecule has 2 aliphatic rings. The number of ether oxygens (including phenoxy) is 2. The molecule has 2 unspecified atom stereocenters. The van der Waals surface area contributed by atoms with E-state index in [0.717, 1.165) is 42.9 Å². The summed E-state index contributed by atoms with van der Waals surface area (Å²) < 4.78 is 26.1. The van der Waals surface area contributed by atoms with Crippen LogP contribution >= 0.6 is 0 Å². The Morgan fingerprint density at radius 1 is 1.18 bits per heavy atom. The number of aryl methyl sites for hydroxylation is 1. The summed E-state index contributed by atoms with van der Waals surface area (Å²) in [5.74, 6) is 2.29. The van der Waals surface area contributed by atoms with Gasteiger partial charge >= 0.3 is 0 Å². The number of piperidine rings is 1. The molecule has 2 saturated heterocycles. The maximum Gasteiger partial charge on any atom is 0.162 e. The Balaban J connectivity index is 1.29. The van der Waals surface area contributed by atoms with E-state index in [2.05, 4.69) is 25.5 Å². The van der Waals surface area contributed by atoms with E-state index in [-0.39, 0.29) is 5.82 Å². The highest BCUT2D eigenvalue weighted by atomic mass is 19.1. The molecule has 2 aromatic carbocycles. The van der Waals surface area contributed by atoms with Gasteiger partial charge in [0.05, 0.1) is 24.9 Å². The Labute approximate surface area is 199 Å². The first kappa shape index (κ1) is 22.8. The molecule has 2 aliphatic heterocycles. The standard InChI is InChI=1S/C26H32FN5O2/c1-17-4-5-21(20(27)12-17)31-26-19-13-25(24(33-2)14-22(19)29-16-30-26)34-11-3-9-32-10-7-18-6-8-28-15-23(18)32/h4-5,12-14,16,18,23,28H,3,6-11,15H2,1-2H3,(H,29,30,31). The first-order valence-corrected chi connectivity index (χ1v) is 12.1. The molecule has 3 heterocycles. The highest BCUT2D eigenvalue weighted by molar-refractivity contribution is 5.93. The molecule has 0 amide bonds. The number of nitrogens with zero attached hydrogens (tertiary/aromatic N) is 3. The van der Waals surface area contributed by atoms with Gasteiger partial charge in [-0.3, -0.25) is 4.90 Å². The van der Waals surface area contributed by atoms with Crippen molar-refractivity contribution in [2.24, 2.45) is 5.92 Å². The second kappa shape index (κ2) is 10.1. The molecule has 7 nitrogen and oxygen atoms in total. The summed E-state index contributed by atoms with van der Waals surface area (Å²) in [6.45, 7) is 6.90. The average Bonchev–Trinajstić information content (AvgIpc) is 3.26. The van der Waals surface area contributed by atoms with Crippen LogP contribution in [0.3, 0.4) is 0 Å². The molecule has 0 radical (unpaired) electrons. The minimum absolute atomic E-state index is 0.325. The number of methoxy groups -OCH3 is 1. The van der Waals surface area contributed by atoms with Gasteiger partial charge in [0.1, 0.15) is 18.0 Å². The first-order valence-electron chi connectivity index (χ1n) is 12.1. The molecule has 0 saturated carbocycles. The van der Waals surface area contributed by atoms with Gasteiger partial charge in [0, 0.05) is 30.6 Å². The molecule has 0 spiro atoms. The van der Waals surface area contributed by atoms with Crippen LogP contribution in [-0.4, -0.2) is 60.8 Å². The third kappa shape index (κ3) is 4.79. The Morgan fingerprint density at radius 3 is 2.94 bits per heavy atom. The molecule has 2 atom stereocenters. The van der Waals surface area contributed by atoms with E-state index in [1.807, 2.05) is 25.1 Å². The van der Waals surface area contributed by atoms with Crippen LogP contribution in [0, 0.1) is 18.7 Å². The zero-order valence-electron chi connectivity index (χ0n) is 19.8. The van der Waals surface area contributed by atoms with Gasteiger partial charge in [-0.2, -0.15) is 0 Å². The number of nitrogens with one attached hydrogen (secondary N) is 2. The van der Waals surface area contributed by atoms with Gasteiger partial charge in [-0.25, -0.2) is 14.4 Å². The fraction of sp³-hybridized carbons (Fsp3) is 0.462. The zero-order chi connectivity index (χ0) is 23.5. The molecule has 0 aliphatic carbocycles. The van der Waals surface area contributed by atoms with E-state index in [9.17, 15) is 4.39 Å². The van der Waals surface area contributed by atoms with Crippen molar-refractivity contribution in [2.75, 3.05) is 45.2 Å². The fourth-order valence-electron chi connectivity index (χ4n) is 5.17. The van der Waals surface area contributed by atoms with Crippen LogP contribution in [0.2, 0.25) is 0 Å².